The molecule has 4 aromatic rings. The second kappa shape index (κ2) is 14.0. The molecule has 1 fully saturated rings. The van der Waals surface area contributed by atoms with E-state index in [4.69, 9.17) is 15.1 Å². The lowest BCUT2D eigenvalue weighted by atomic mass is 10.0. The van der Waals surface area contributed by atoms with E-state index in [0.717, 1.165) is 54.0 Å². The number of nitrogens with one attached hydrogen (secondary N) is 1. The number of methoxy groups -OCH3 is 1. The summed E-state index contributed by atoms with van der Waals surface area (Å²) >= 11 is 0. The fourth-order valence-electron chi connectivity index (χ4n) is 5.74. The zero-order valence-electron chi connectivity index (χ0n) is 24.1. The van der Waals surface area contributed by atoms with Crippen molar-refractivity contribution in [3.05, 3.63) is 66.1 Å². The molecule has 1 N–H and O–H groups in total. The molecule has 0 aliphatic carbocycles. The lowest BCUT2D eigenvalue weighted by molar-refractivity contribution is 0.0380. The molecule has 4 heterocycles. The van der Waals surface area contributed by atoms with Crippen LogP contribution in [0.3, 0.4) is 0 Å². The highest BCUT2D eigenvalue weighted by Crippen LogP contribution is 2.28. The van der Waals surface area contributed by atoms with Crippen LogP contribution in [0.15, 0.2) is 49.2 Å². The summed E-state index contributed by atoms with van der Waals surface area (Å²) in [6, 6.07) is 10.1. The van der Waals surface area contributed by atoms with Gasteiger partial charge in [-0.25, -0.2) is 14.4 Å². The molecule has 1 saturated heterocycles. The van der Waals surface area contributed by atoms with Crippen molar-refractivity contribution in [2.75, 3.05) is 39.9 Å². The minimum atomic E-state index is -0.685. The van der Waals surface area contributed by atoms with Crippen LogP contribution in [-0.2, 0) is 4.74 Å². The Kier molecular flexibility index (Phi) is 9.72. The smallest absolute Gasteiger partial charge is 0.256 e. The summed E-state index contributed by atoms with van der Waals surface area (Å²) in [5.41, 5.74) is 2.60. The van der Waals surface area contributed by atoms with E-state index in [-0.39, 0.29) is 29.1 Å². The SMILES string of the molecule is COCCCC1CN(C(=O)c2ccc(C#N)cc2F)CCN1CC(CCCC#N)n1cc(-c2ncnc3[nH]ccc23)cn1. The number of aromatic nitrogens is 5. The van der Waals surface area contributed by atoms with Gasteiger partial charge in [-0.05, 0) is 49.9 Å². The number of nitriles is 2. The van der Waals surface area contributed by atoms with E-state index < -0.39 is 5.82 Å². The van der Waals surface area contributed by atoms with Crippen molar-refractivity contribution in [2.24, 2.45) is 0 Å². The van der Waals surface area contributed by atoms with Gasteiger partial charge in [0.05, 0.1) is 41.2 Å². The standard InChI is InChI=1S/C31H34FN9O2/c1-43-14-4-6-24-19-40(31(42)26-8-7-22(16-34)15-28(26)32)13-12-39(24)20-25(5-2-3-10-33)41-18-23(17-38-41)29-27-9-11-35-30(27)37-21-36-29/h7-9,11,15,17-18,21,24-25H,2-6,12-14,19-20H2,1H3,(H,35,36,37). The van der Waals surface area contributed by atoms with Gasteiger partial charge in [0.1, 0.15) is 17.8 Å². The van der Waals surface area contributed by atoms with Crippen LogP contribution in [0.2, 0.25) is 0 Å². The van der Waals surface area contributed by atoms with Gasteiger partial charge in [0.25, 0.3) is 5.91 Å². The van der Waals surface area contributed by atoms with Gasteiger partial charge in [-0.2, -0.15) is 15.6 Å². The number of halogens is 1. The number of carbonyl (C=O) groups is 1. The fraction of sp³-hybridized carbons (Fsp3) is 0.419. The monoisotopic (exact) mass is 583 g/mol. The summed E-state index contributed by atoms with van der Waals surface area (Å²) in [6.07, 6.45) is 10.7. The highest BCUT2D eigenvalue weighted by Gasteiger charge is 2.32. The number of unbranched alkanes of at least 4 members (excludes halogenated alkanes) is 1. The first kappa shape index (κ1) is 29.8. The van der Waals surface area contributed by atoms with Crippen molar-refractivity contribution >= 4 is 16.9 Å². The summed E-state index contributed by atoms with van der Waals surface area (Å²) < 4.78 is 22.0. The van der Waals surface area contributed by atoms with Crippen LogP contribution < -0.4 is 0 Å². The van der Waals surface area contributed by atoms with E-state index in [1.165, 1.54) is 18.5 Å². The number of hydrogen-bond acceptors (Lipinski definition) is 8. The molecule has 11 nitrogen and oxygen atoms in total. The van der Waals surface area contributed by atoms with Crippen LogP contribution >= 0.6 is 0 Å². The molecule has 0 spiro atoms. The first-order valence-electron chi connectivity index (χ1n) is 14.4. The average Bonchev–Trinajstić information content (AvgIpc) is 3.71. The molecular formula is C31H34FN9O2. The molecule has 1 aliphatic heterocycles. The fourth-order valence-corrected chi connectivity index (χ4v) is 5.74. The summed E-state index contributed by atoms with van der Waals surface area (Å²) in [5.74, 6) is -1.06. The Balaban J connectivity index is 1.35. The zero-order chi connectivity index (χ0) is 30.2. The third-order valence-corrected chi connectivity index (χ3v) is 7.98. The van der Waals surface area contributed by atoms with Gasteiger partial charge in [-0.1, -0.05) is 0 Å². The van der Waals surface area contributed by atoms with Gasteiger partial charge in [0.2, 0.25) is 0 Å². The first-order chi connectivity index (χ1) is 21.0. The molecule has 2 atom stereocenters. The Bertz CT molecular complexity index is 1640. The van der Waals surface area contributed by atoms with E-state index in [0.29, 0.717) is 39.2 Å². The number of rotatable bonds is 12. The van der Waals surface area contributed by atoms with Crippen molar-refractivity contribution < 1.29 is 13.9 Å². The maximum atomic E-state index is 14.7. The summed E-state index contributed by atoms with van der Waals surface area (Å²) in [5, 5.41) is 23.9. The number of aromatic amines is 1. The van der Waals surface area contributed by atoms with Gasteiger partial charge in [-0.15, -0.1) is 0 Å². The van der Waals surface area contributed by atoms with E-state index >= 15 is 0 Å². The lowest BCUT2D eigenvalue weighted by Gasteiger charge is -2.43. The molecule has 1 aliphatic rings. The third-order valence-electron chi connectivity index (χ3n) is 7.98. The Labute approximate surface area is 249 Å². The molecule has 1 aromatic carbocycles. The average molecular weight is 584 g/mol. The molecule has 0 radical (unpaired) electrons. The van der Waals surface area contributed by atoms with Gasteiger partial charge in [-0.3, -0.25) is 14.4 Å². The largest absolute Gasteiger partial charge is 0.385 e. The first-order valence-corrected chi connectivity index (χ1v) is 14.4. The second-order valence-corrected chi connectivity index (χ2v) is 10.7. The molecule has 3 aromatic heterocycles. The number of amides is 1. The van der Waals surface area contributed by atoms with Crippen LogP contribution in [0.4, 0.5) is 4.39 Å². The van der Waals surface area contributed by atoms with E-state index in [1.54, 1.807) is 12.0 Å². The summed E-state index contributed by atoms with van der Waals surface area (Å²) in [4.78, 5) is 29.3. The van der Waals surface area contributed by atoms with Crippen LogP contribution in [0.1, 0.15) is 54.1 Å². The molecule has 1 amide bonds. The molecule has 5 rings (SSSR count). The highest BCUT2D eigenvalue weighted by molar-refractivity contribution is 5.94. The van der Waals surface area contributed by atoms with E-state index in [9.17, 15) is 14.4 Å². The number of fused-ring (bicyclic) bond motifs is 1. The van der Waals surface area contributed by atoms with Crippen molar-refractivity contribution in [3.63, 3.8) is 0 Å². The maximum Gasteiger partial charge on any atom is 0.256 e. The minimum Gasteiger partial charge on any atom is -0.385 e. The van der Waals surface area contributed by atoms with Crippen LogP contribution in [0.25, 0.3) is 22.3 Å². The number of ether oxygens (including phenoxy) is 1. The summed E-state index contributed by atoms with van der Waals surface area (Å²) in [7, 11) is 1.67. The number of benzene rings is 1. The lowest BCUT2D eigenvalue weighted by Crippen LogP contribution is -2.56. The number of H-pyrrole nitrogens is 1. The van der Waals surface area contributed by atoms with Crippen molar-refractivity contribution in [2.45, 2.75) is 44.2 Å². The van der Waals surface area contributed by atoms with Crippen molar-refractivity contribution in [1.29, 1.82) is 10.5 Å². The number of carbonyl (C=O) groups excluding carboxylic acids is 1. The molecule has 0 saturated carbocycles. The van der Waals surface area contributed by atoms with Crippen molar-refractivity contribution in [1.82, 2.24) is 34.5 Å². The van der Waals surface area contributed by atoms with Crippen LogP contribution in [0.5, 0.6) is 0 Å². The zero-order valence-corrected chi connectivity index (χ0v) is 24.1. The number of nitrogens with zero attached hydrogens (tertiary/aromatic N) is 8. The van der Waals surface area contributed by atoms with Gasteiger partial charge in [0.15, 0.2) is 0 Å². The number of piperazine rings is 1. The molecule has 0 bridgehead atoms. The Morgan fingerprint density at radius 3 is 2.91 bits per heavy atom. The predicted molar refractivity (Wildman–Crippen MR) is 157 cm³/mol. The molecule has 12 heteroatoms. The number of hydrogen-bond donors (Lipinski definition) is 1. The van der Waals surface area contributed by atoms with Gasteiger partial charge >= 0.3 is 0 Å². The molecule has 222 valence electrons. The van der Waals surface area contributed by atoms with Gasteiger partial charge in [0, 0.05) is 75.7 Å². The maximum absolute atomic E-state index is 14.7. The second-order valence-electron chi connectivity index (χ2n) is 10.7. The predicted octanol–water partition coefficient (Wildman–Crippen LogP) is 4.32. The Hall–Kier alpha value is -4.65. The topological polar surface area (TPSA) is 140 Å². The third kappa shape index (κ3) is 6.88. The molecule has 2 unspecified atom stereocenters. The Morgan fingerprint density at radius 1 is 1.23 bits per heavy atom. The minimum absolute atomic E-state index is 0.00574. The van der Waals surface area contributed by atoms with E-state index in [1.807, 2.05) is 35.4 Å². The van der Waals surface area contributed by atoms with Crippen LogP contribution in [0, 0.1) is 28.5 Å². The van der Waals surface area contributed by atoms with Crippen LogP contribution in [-0.4, -0.2) is 86.4 Å². The quantitative estimate of drug-likeness (QED) is 0.243. The highest BCUT2D eigenvalue weighted by atomic mass is 19.1. The van der Waals surface area contributed by atoms with E-state index in [2.05, 4.69) is 25.9 Å². The van der Waals surface area contributed by atoms with Gasteiger partial charge < -0.3 is 14.6 Å². The molecular weight excluding hydrogens is 549 g/mol. The Morgan fingerprint density at radius 2 is 2.12 bits per heavy atom. The normalized spacial score (nSPS) is 16.2. The van der Waals surface area contributed by atoms with Crippen molar-refractivity contribution in [3.8, 4) is 23.4 Å². The summed E-state index contributed by atoms with van der Waals surface area (Å²) in [6.45, 7) is 2.79. The molecule has 43 heavy (non-hydrogen) atoms.